The number of hydrogen-bond acceptors (Lipinski definition) is 5. The van der Waals surface area contributed by atoms with Crippen LogP contribution >= 0.6 is 0 Å². The molecule has 0 bridgehead atoms. The molecule has 1 unspecified atom stereocenters. The zero-order valence-corrected chi connectivity index (χ0v) is 15.7. The van der Waals surface area contributed by atoms with Crippen LogP contribution in [0.25, 0.3) is 0 Å². The molecule has 0 spiro atoms. The number of rotatable bonds is 10. The summed E-state index contributed by atoms with van der Waals surface area (Å²) in [6.07, 6.45) is 3.02. The Kier molecular flexibility index (Phi) is 8.17. The second-order valence-corrected chi connectivity index (χ2v) is 6.61. The van der Waals surface area contributed by atoms with E-state index in [9.17, 15) is 9.59 Å². The number of benzene rings is 2. The van der Waals surface area contributed by atoms with Crippen molar-refractivity contribution in [3.63, 3.8) is 0 Å². The smallest absolute Gasteiger partial charge is 0.240 e. The van der Waals surface area contributed by atoms with Crippen LogP contribution < -0.4 is 22.6 Å². The third-order valence-corrected chi connectivity index (χ3v) is 4.50. The van der Waals surface area contributed by atoms with Crippen LogP contribution in [0.5, 0.6) is 0 Å². The van der Waals surface area contributed by atoms with E-state index >= 15 is 0 Å². The van der Waals surface area contributed by atoms with Gasteiger partial charge in [0.05, 0.1) is 5.92 Å². The molecular weight excluding hydrogens is 354 g/mol. The zero-order valence-electron chi connectivity index (χ0n) is 15.7. The summed E-state index contributed by atoms with van der Waals surface area (Å²) in [4.78, 5) is 24.9. The average Bonchev–Trinajstić information content (AvgIpc) is 2.69. The summed E-state index contributed by atoms with van der Waals surface area (Å²) < 4.78 is 0. The molecule has 0 saturated carbocycles. The second kappa shape index (κ2) is 10.8. The van der Waals surface area contributed by atoms with Crippen molar-refractivity contribution in [3.05, 3.63) is 71.8 Å². The van der Waals surface area contributed by atoms with Gasteiger partial charge in [0.25, 0.3) is 0 Å². The van der Waals surface area contributed by atoms with E-state index < -0.39 is 17.9 Å². The van der Waals surface area contributed by atoms with Crippen molar-refractivity contribution < 1.29 is 9.59 Å². The molecule has 2 rings (SSSR count). The molecule has 2 aromatic carbocycles. The van der Waals surface area contributed by atoms with Crippen LogP contribution in [0, 0.1) is 0 Å². The van der Waals surface area contributed by atoms with Crippen molar-refractivity contribution in [1.29, 1.82) is 0 Å². The molecule has 0 aromatic heterocycles. The van der Waals surface area contributed by atoms with E-state index in [2.05, 4.69) is 10.4 Å². The molecule has 0 saturated heterocycles. The number of hydrogen-bond donors (Lipinski definition) is 4. The Bertz CT molecular complexity index is 740. The molecule has 7 N–H and O–H groups in total. The van der Waals surface area contributed by atoms with E-state index in [4.69, 9.17) is 17.3 Å². The highest BCUT2D eigenvalue weighted by Gasteiger charge is 2.26. The molecule has 0 radical (unpaired) electrons. The van der Waals surface area contributed by atoms with Gasteiger partial charge in [-0.05, 0) is 30.4 Å². The van der Waals surface area contributed by atoms with Gasteiger partial charge in [-0.25, -0.2) is 0 Å². The van der Waals surface area contributed by atoms with Gasteiger partial charge in [0.1, 0.15) is 6.04 Å². The third-order valence-electron chi connectivity index (χ3n) is 4.50. The Labute approximate surface area is 165 Å². The van der Waals surface area contributed by atoms with Gasteiger partial charge < -0.3 is 22.6 Å². The monoisotopic (exact) mass is 381 g/mol. The van der Waals surface area contributed by atoms with Crippen LogP contribution in [0.4, 0.5) is 0 Å². The van der Waals surface area contributed by atoms with Crippen LogP contribution in [0.15, 0.2) is 65.8 Å². The van der Waals surface area contributed by atoms with Crippen LogP contribution in [0.2, 0.25) is 0 Å². The summed E-state index contributed by atoms with van der Waals surface area (Å²) in [5.41, 5.74) is 13.0. The van der Waals surface area contributed by atoms with Crippen molar-refractivity contribution in [2.45, 2.75) is 37.3 Å². The lowest BCUT2D eigenvalue weighted by molar-refractivity contribution is -0.127. The molecule has 0 aliphatic heterocycles. The lowest BCUT2D eigenvalue weighted by Crippen LogP contribution is -2.46. The lowest BCUT2D eigenvalue weighted by atomic mass is 9.90. The summed E-state index contributed by atoms with van der Waals surface area (Å²) in [5, 5.41) is 6.20. The van der Waals surface area contributed by atoms with Crippen molar-refractivity contribution in [1.82, 2.24) is 5.32 Å². The molecule has 7 heteroatoms. The van der Waals surface area contributed by atoms with E-state index in [1.54, 1.807) is 0 Å². The average molecular weight is 381 g/mol. The van der Waals surface area contributed by atoms with Crippen LogP contribution in [-0.2, 0) is 9.59 Å². The molecule has 7 nitrogen and oxygen atoms in total. The minimum absolute atomic E-state index is 0.269. The molecule has 0 fully saturated rings. The Hall–Kier alpha value is -3.19. The molecule has 28 heavy (non-hydrogen) atoms. The number of amides is 2. The molecule has 2 amide bonds. The van der Waals surface area contributed by atoms with Gasteiger partial charge >= 0.3 is 0 Å². The molecule has 2 aromatic rings. The Morgan fingerprint density at radius 2 is 1.50 bits per heavy atom. The Morgan fingerprint density at radius 1 is 0.964 bits per heavy atom. The topological polar surface area (TPSA) is 137 Å². The quantitative estimate of drug-likeness (QED) is 0.279. The first-order chi connectivity index (χ1) is 13.5. The third kappa shape index (κ3) is 6.21. The number of nitrogens with two attached hydrogens (primary N) is 3. The standard InChI is InChI=1S/C21H27N5O2/c22-17(14-25-24)12-7-13-18(20(23)27)26-21(28)19(15-8-3-1-4-9-15)16-10-5-2-6-11-16/h1-6,8-11,14,17-19H,7,12-13,22,24H2,(H2,23,27)(H,26,28)/t17?,18-/m0/s1. The lowest BCUT2D eigenvalue weighted by Gasteiger charge is -2.22. The van der Waals surface area contributed by atoms with Gasteiger partial charge in [0, 0.05) is 12.3 Å². The summed E-state index contributed by atoms with van der Waals surface area (Å²) in [6.45, 7) is 0. The molecule has 148 valence electrons. The number of carbonyl (C=O) groups is 2. The minimum atomic E-state index is -0.774. The highest BCUT2D eigenvalue weighted by Crippen LogP contribution is 2.25. The highest BCUT2D eigenvalue weighted by atomic mass is 16.2. The summed E-state index contributed by atoms with van der Waals surface area (Å²) in [7, 11) is 0. The molecule has 2 atom stereocenters. The van der Waals surface area contributed by atoms with Crippen molar-refractivity contribution in [3.8, 4) is 0 Å². The molecule has 0 aliphatic carbocycles. The maximum absolute atomic E-state index is 13.1. The molecule has 0 heterocycles. The van der Waals surface area contributed by atoms with Gasteiger partial charge in [-0.2, -0.15) is 5.10 Å². The summed E-state index contributed by atoms with van der Waals surface area (Å²) in [6, 6.07) is 17.8. The van der Waals surface area contributed by atoms with Crippen LogP contribution in [0.1, 0.15) is 36.3 Å². The normalized spacial score (nSPS) is 13.4. The first-order valence-electron chi connectivity index (χ1n) is 9.21. The van der Waals surface area contributed by atoms with E-state index in [0.717, 1.165) is 11.1 Å². The SMILES string of the molecule is NN=CC(N)CCC[C@H](NC(=O)C(c1ccccc1)c1ccccc1)C(N)=O. The number of nitrogens with one attached hydrogen (secondary N) is 1. The number of primary amides is 1. The largest absolute Gasteiger partial charge is 0.368 e. The first kappa shape index (κ1) is 21.1. The van der Waals surface area contributed by atoms with Gasteiger partial charge in [0.15, 0.2) is 0 Å². The van der Waals surface area contributed by atoms with E-state index in [1.807, 2.05) is 60.7 Å². The predicted octanol–water partition coefficient (Wildman–Crippen LogP) is 1.23. The van der Waals surface area contributed by atoms with Crippen molar-refractivity contribution in [2.75, 3.05) is 0 Å². The molecular formula is C21H27N5O2. The minimum Gasteiger partial charge on any atom is -0.368 e. The van der Waals surface area contributed by atoms with Crippen molar-refractivity contribution in [2.24, 2.45) is 22.4 Å². The van der Waals surface area contributed by atoms with Gasteiger partial charge in [-0.15, -0.1) is 0 Å². The summed E-state index contributed by atoms with van der Waals surface area (Å²) in [5.74, 6) is 3.70. The maximum Gasteiger partial charge on any atom is 0.240 e. The fraction of sp³-hybridized carbons (Fsp3) is 0.286. The number of hydrazone groups is 1. The zero-order chi connectivity index (χ0) is 20.4. The first-order valence-corrected chi connectivity index (χ1v) is 9.21. The van der Waals surface area contributed by atoms with E-state index in [0.29, 0.717) is 19.3 Å². The predicted molar refractivity (Wildman–Crippen MR) is 110 cm³/mol. The van der Waals surface area contributed by atoms with Crippen LogP contribution in [0.3, 0.4) is 0 Å². The fourth-order valence-electron chi connectivity index (χ4n) is 3.07. The van der Waals surface area contributed by atoms with Crippen molar-refractivity contribution >= 4 is 18.0 Å². The number of carbonyl (C=O) groups excluding carboxylic acids is 2. The molecule has 0 aliphatic rings. The van der Waals surface area contributed by atoms with E-state index in [1.165, 1.54) is 6.21 Å². The maximum atomic E-state index is 13.1. The van der Waals surface area contributed by atoms with Crippen LogP contribution in [-0.4, -0.2) is 30.1 Å². The summed E-state index contributed by atoms with van der Waals surface area (Å²) >= 11 is 0. The fourth-order valence-corrected chi connectivity index (χ4v) is 3.07. The Morgan fingerprint density at radius 3 is 1.96 bits per heavy atom. The van der Waals surface area contributed by atoms with E-state index in [-0.39, 0.29) is 11.9 Å². The second-order valence-electron chi connectivity index (χ2n) is 6.61. The highest BCUT2D eigenvalue weighted by molar-refractivity contribution is 5.91. The van der Waals surface area contributed by atoms with Gasteiger partial charge in [-0.1, -0.05) is 60.7 Å². The Balaban J connectivity index is 2.13. The van der Waals surface area contributed by atoms with Gasteiger partial charge in [0.2, 0.25) is 11.8 Å². The van der Waals surface area contributed by atoms with Gasteiger partial charge in [-0.3, -0.25) is 9.59 Å². The number of nitrogens with zero attached hydrogens (tertiary/aromatic N) is 1.